The van der Waals surface area contributed by atoms with Crippen LogP contribution in [-0.2, 0) is 27.7 Å². The molecule has 1 unspecified atom stereocenters. The summed E-state index contributed by atoms with van der Waals surface area (Å²) < 4.78 is 41.5. The molecule has 5 rings (SSSR count). The highest BCUT2D eigenvalue weighted by molar-refractivity contribution is 7.89. The number of nitrogens with zero attached hydrogens (tertiary/aromatic N) is 6. The summed E-state index contributed by atoms with van der Waals surface area (Å²) in [6.45, 7) is 7.58. The second-order valence-electron chi connectivity index (χ2n) is 11.0. The Bertz CT molecular complexity index is 1520. The lowest BCUT2D eigenvalue weighted by Gasteiger charge is -2.33. The molecule has 4 heterocycles. The fraction of sp³-hybridized carbons (Fsp3) is 0.643. The average Bonchev–Trinajstić information content (AvgIpc) is 3.29. The van der Waals surface area contributed by atoms with Crippen molar-refractivity contribution in [3.8, 4) is 17.3 Å². The molecule has 3 aromatic heterocycles. The Labute approximate surface area is 241 Å². The third-order valence-corrected chi connectivity index (χ3v) is 10.4. The maximum Gasteiger partial charge on any atom is 0.279 e. The first-order valence-corrected chi connectivity index (χ1v) is 16.0. The molecule has 1 saturated carbocycles. The van der Waals surface area contributed by atoms with Crippen LogP contribution in [0.5, 0.6) is 5.88 Å². The molecule has 0 amide bonds. The van der Waals surface area contributed by atoms with Crippen LogP contribution < -0.4 is 10.3 Å². The molecule has 12 nitrogen and oxygen atoms in total. The van der Waals surface area contributed by atoms with E-state index in [1.54, 1.807) is 7.11 Å². The summed E-state index contributed by atoms with van der Waals surface area (Å²) in [5, 5.41) is 4.69. The standard InChI is InChI=1S/C28H41N7O5S/c1-5-19(20-8-7-9-20)18-35-23(6-2)24-25(32-35)27(36)31-26(30-24)22-16-21(17-29-28(22)40-15-14-39-4)41(37,38)34-12-10-33(3)11-13-34/h16-17,19-20H,5-15,18H2,1-4H3,(H,30,31,36). The fourth-order valence-electron chi connectivity index (χ4n) is 5.70. The lowest BCUT2D eigenvalue weighted by atomic mass is 9.75. The van der Waals surface area contributed by atoms with Gasteiger partial charge in [-0.05, 0) is 31.4 Å². The number of hydrogen-bond donors (Lipinski definition) is 1. The first kappa shape index (κ1) is 29.6. The third kappa shape index (κ3) is 6.04. The number of H-pyrrole nitrogens is 1. The van der Waals surface area contributed by atoms with Gasteiger partial charge in [-0.3, -0.25) is 9.48 Å². The first-order chi connectivity index (χ1) is 19.8. The van der Waals surface area contributed by atoms with Crippen molar-refractivity contribution in [2.45, 2.75) is 57.4 Å². The van der Waals surface area contributed by atoms with Crippen molar-refractivity contribution < 1.29 is 17.9 Å². The highest BCUT2D eigenvalue weighted by atomic mass is 32.2. The maximum atomic E-state index is 13.5. The third-order valence-electron chi connectivity index (χ3n) is 8.49. The zero-order valence-electron chi connectivity index (χ0n) is 24.4. The number of sulfonamides is 1. The number of rotatable bonds is 12. The molecule has 3 aromatic rings. The Morgan fingerprint density at radius 1 is 1.12 bits per heavy atom. The van der Waals surface area contributed by atoms with Crippen LogP contribution in [0.25, 0.3) is 22.4 Å². The molecule has 0 bridgehead atoms. The quantitative estimate of drug-likeness (QED) is 0.317. The van der Waals surface area contributed by atoms with Gasteiger partial charge in [0.05, 0.1) is 24.1 Å². The van der Waals surface area contributed by atoms with Crippen LogP contribution in [0.15, 0.2) is 22.0 Å². The first-order valence-electron chi connectivity index (χ1n) is 14.6. The van der Waals surface area contributed by atoms with Crippen molar-refractivity contribution in [1.82, 2.24) is 33.9 Å². The molecule has 1 N–H and O–H groups in total. The highest BCUT2D eigenvalue weighted by Gasteiger charge is 2.30. The van der Waals surface area contributed by atoms with Crippen LogP contribution in [0.2, 0.25) is 0 Å². The van der Waals surface area contributed by atoms with Crippen molar-refractivity contribution >= 4 is 21.1 Å². The summed E-state index contributed by atoms with van der Waals surface area (Å²) in [6.07, 6.45) is 6.78. The summed E-state index contributed by atoms with van der Waals surface area (Å²) >= 11 is 0. The molecule has 0 spiro atoms. The van der Waals surface area contributed by atoms with Crippen molar-refractivity contribution in [2.24, 2.45) is 11.8 Å². The average molecular weight is 588 g/mol. The number of piperazine rings is 1. The minimum atomic E-state index is -3.81. The van der Waals surface area contributed by atoms with E-state index in [0.29, 0.717) is 62.1 Å². The summed E-state index contributed by atoms with van der Waals surface area (Å²) in [5.41, 5.74) is 1.60. The summed E-state index contributed by atoms with van der Waals surface area (Å²) in [5.74, 6) is 1.56. The molecule has 2 fully saturated rings. The molecule has 1 aliphatic heterocycles. The molecule has 13 heteroatoms. The van der Waals surface area contributed by atoms with Crippen molar-refractivity contribution in [3.05, 3.63) is 28.3 Å². The number of aryl methyl sites for hydroxylation is 1. The Morgan fingerprint density at radius 2 is 1.88 bits per heavy atom. The number of ether oxygens (including phenoxy) is 2. The monoisotopic (exact) mass is 587 g/mol. The van der Waals surface area contributed by atoms with Crippen LogP contribution in [-0.4, -0.2) is 95.9 Å². The molecule has 1 saturated heterocycles. The topological polar surface area (TPSA) is 136 Å². The van der Waals surface area contributed by atoms with Gasteiger partial charge in [-0.25, -0.2) is 18.4 Å². The maximum absolute atomic E-state index is 13.5. The van der Waals surface area contributed by atoms with Gasteiger partial charge in [-0.1, -0.05) is 39.5 Å². The van der Waals surface area contributed by atoms with E-state index in [2.05, 4.69) is 21.8 Å². The number of likely N-dealkylation sites (N-methyl/N-ethyl adjacent to an activating group) is 1. The van der Waals surface area contributed by atoms with Gasteiger partial charge in [0.1, 0.15) is 22.8 Å². The molecular formula is C28H41N7O5S. The van der Waals surface area contributed by atoms with Gasteiger partial charge in [0.15, 0.2) is 5.52 Å². The highest BCUT2D eigenvalue weighted by Crippen LogP contribution is 2.36. The Balaban J connectivity index is 1.57. The van der Waals surface area contributed by atoms with Gasteiger partial charge < -0.3 is 19.4 Å². The zero-order valence-corrected chi connectivity index (χ0v) is 25.2. The Morgan fingerprint density at radius 3 is 2.51 bits per heavy atom. The van der Waals surface area contributed by atoms with Crippen LogP contribution in [0.3, 0.4) is 0 Å². The minimum Gasteiger partial charge on any atom is -0.475 e. The fourth-order valence-corrected chi connectivity index (χ4v) is 7.09. The molecule has 0 aromatic carbocycles. The molecule has 1 aliphatic carbocycles. The van der Waals surface area contributed by atoms with Crippen molar-refractivity contribution in [1.29, 1.82) is 0 Å². The molecule has 224 valence electrons. The number of aromatic amines is 1. The second-order valence-corrected chi connectivity index (χ2v) is 13.0. The predicted octanol–water partition coefficient (Wildman–Crippen LogP) is 2.53. The lowest BCUT2D eigenvalue weighted by molar-refractivity contribution is 0.144. The van der Waals surface area contributed by atoms with Crippen LogP contribution in [0, 0.1) is 11.8 Å². The molecule has 0 radical (unpaired) electrons. The van der Waals surface area contributed by atoms with E-state index in [1.165, 1.54) is 35.8 Å². The number of methoxy groups -OCH3 is 1. The number of hydrogen-bond acceptors (Lipinski definition) is 9. The van der Waals surface area contributed by atoms with Crippen molar-refractivity contribution in [3.63, 3.8) is 0 Å². The van der Waals surface area contributed by atoms with Crippen LogP contribution >= 0.6 is 0 Å². The summed E-state index contributed by atoms with van der Waals surface area (Å²) in [4.78, 5) is 27.5. The Kier molecular flexibility index (Phi) is 9.07. The number of aromatic nitrogens is 5. The van der Waals surface area contributed by atoms with Gasteiger partial charge in [0, 0.05) is 39.8 Å². The smallest absolute Gasteiger partial charge is 0.279 e. The van der Waals surface area contributed by atoms with E-state index in [9.17, 15) is 13.2 Å². The van der Waals surface area contributed by atoms with Gasteiger partial charge in [0.2, 0.25) is 15.9 Å². The largest absolute Gasteiger partial charge is 0.475 e. The molecule has 41 heavy (non-hydrogen) atoms. The van der Waals surface area contributed by atoms with Crippen molar-refractivity contribution in [2.75, 3.05) is 53.6 Å². The van der Waals surface area contributed by atoms with Gasteiger partial charge in [-0.2, -0.15) is 9.40 Å². The zero-order chi connectivity index (χ0) is 29.1. The van der Waals surface area contributed by atoms with E-state index in [-0.39, 0.29) is 34.3 Å². The van der Waals surface area contributed by atoms with Crippen LogP contribution in [0.4, 0.5) is 0 Å². The molecule has 2 aliphatic rings. The minimum absolute atomic E-state index is 0.0246. The van der Waals surface area contributed by atoms with E-state index < -0.39 is 10.0 Å². The predicted molar refractivity (Wildman–Crippen MR) is 156 cm³/mol. The number of nitrogens with one attached hydrogen (secondary N) is 1. The summed E-state index contributed by atoms with van der Waals surface area (Å²) in [6, 6.07) is 1.49. The number of fused-ring (bicyclic) bond motifs is 1. The van der Waals surface area contributed by atoms with E-state index in [4.69, 9.17) is 19.6 Å². The van der Waals surface area contributed by atoms with Gasteiger partial charge in [-0.15, -0.1) is 0 Å². The normalized spacial score (nSPS) is 18.0. The molecule has 1 atom stereocenters. The van der Waals surface area contributed by atoms with Gasteiger partial charge >= 0.3 is 0 Å². The SMILES string of the molecule is CCc1c2nc(-c3cc(S(=O)(=O)N4CCN(C)CC4)cnc3OCCOC)[nH]c(=O)c2nn1CC(CC)C1CCC1. The van der Waals surface area contributed by atoms with Gasteiger partial charge in [0.25, 0.3) is 5.56 Å². The Hall–Kier alpha value is -2.87. The number of pyridine rings is 1. The molecular weight excluding hydrogens is 546 g/mol. The van der Waals surface area contributed by atoms with Crippen LogP contribution in [0.1, 0.15) is 45.2 Å². The second kappa shape index (κ2) is 12.6. The summed E-state index contributed by atoms with van der Waals surface area (Å²) in [7, 11) is -0.281. The van der Waals surface area contributed by atoms with E-state index in [0.717, 1.165) is 18.7 Å². The van der Waals surface area contributed by atoms with E-state index in [1.807, 2.05) is 18.7 Å². The lowest BCUT2D eigenvalue weighted by Crippen LogP contribution is -2.47. The van der Waals surface area contributed by atoms with E-state index >= 15 is 0 Å².